The molecule has 0 aliphatic rings. The first-order chi connectivity index (χ1) is 14.5. The molecular weight excluding hydrogens is 418 g/mol. The van der Waals surface area contributed by atoms with Crippen molar-refractivity contribution >= 4 is 45.9 Å². The van der Waals surface area contributed by atoms with Gasteiger partial charge in [-0.15, -0.1) is 0 Å². The third-order valence-corrected chi connectivity index (χ3v) is 5.65. The number of nitrogens with zero attached hydrogens (tertiary/aromatic N) is 2. The quantitative estimate of drug-likeness (QED) is 0.351. The number of benzene rings is 3. The van der Waals surface area contributed by atoms with Crippen LogP contribution in [0.3, 0.4) is 0 Å². The Morgan fingerprint density at radius 1 is 1.07 bits per heavy atom. The van der Waals surface area contributed by atoms with Gasteiger partial charge in [0.1, 0.15) is 0 Å². The smallest absolute Gasteiger partial charge is 0.266 e. The highest BCUT2D eigenvalue weighted by Crippen LogP contribution is 2.23. The number of para-hydroxylation sites is 1. The second-order valence-corrected chi connectivity index (χ2v) is 8.11. The third-order valence-electron chi connectivity index (χ3n) is 4.46. The molecule has 0 bridgehead atoms. The van der Waals surface area contributed by atoms with Gasteiger partial charge in [-0.2, -0.15) is 0 Å². The highest BCUT2D eigenvalue weighted by Gasteiger charge is 2.15. The van der Waals surface area contributed by atoms with Gasteiger partial charge in [-0.3, -0.25) is 14.2 Å². The highest BCUT2D eigenvalue weighted by atomic mass is 35.5. The lowest BCUT2D eigenvalue weighted by Crippen LogP contribution is -2.23. The van der Waals surface area contributed by atoms with Gasteiger partial charge in [0.15, 0.2) is 5.16 Å². The maximum absolute atomic E-state index is 13.2. The Morgan fingerprint density at radius 3 is 2.60 bits per heavy atom. The molecule has 0 atom stereocenters. The molecule has 0 unspecified atom stereocenters. The van der Waals surface area contributed by atoms with E-state index in [1.165, 1.54) is 16.3 Å². The second kappa shape index (κ2) is 8.73. The SMILES string of the molecule is Cc1cccc(NC(=O)CSc2nc3ccccc3c(=O)n2-c2ccc(Cl)cc2)c1. The topological polar surface area (TPSA) is 64.0 Å². The van der Waals surface area contributed by atoms with Crippen LogP contribution in [-0.4, -0.2) is 21.2 Å². The van der Waals surface area contributed by atoms with E-state index in [0.717, 1.165) is 11.3 Å². The van der Waals surface area contributed by atoms with Crippen molar-refractivity contribution < 1.29 is 4.79 Å². The maximum Gasteiger partial charge on any atom is 0.266 e. The number of carbonyl (C=O) groups excluding carboxylic acids is 1. The van der Waals surface area contributed by atoms with E-state index in [4.69, 9.17) is 11.6 Å². The second-order valence-electron chi connectivity index (χ2n) is 6.73. The number of carbonyl (C=O) groups is 1. The van der Waals surface area contributed by atoms with Crippen molar-refractivity contribution in [2.75, 3.05) is 11.1 Å². The number of anilines is 1. The molecule has 0 aliphatic heterocycles. The summed E-state index contributed by atoms with van der Waals surface area (Å²) in [7, 11) is 0. The third kappa shape index (κ3) is 4.40. The van der Waals surface area contributed by atoms with E-state index in [0.29, 0.717) is 26.8 Å². The molecule has 1 amide bonds. The Bertz CT molecular complexity index is 1290. The van der Waals surface area contributed by atoms with E-state index >= 15 is 0 Å². The van der Waals surface area contributed by atoms with Crippen LogP contribution < -0.4 is 10.9 Å². The average molecular weight is 436 g/mol. The summed E-state index contributed by atoms with van der Waals surface area (Å²) in [5, 5.41) is 4.41. The lowest BCUT2D eigenvalue weighted by molar-refractivity contribution is -0.113. The predicted octanol–water partition coefficient (Wildman–Crippen LogP) is 5.08. The number of nitrogens with one attached hydrogen (secondary N) is 1. The van der Waals surface area contributed by atoms with Crippen LogP contribution in [0, 0.1) is 6.92 Å². The largest absolute Gasteiger partial charge is 0.325 e. The van der Waals surface area contributed by atoms with Crippen LogP contribution in [0.15, 0.2) is 82.7 Å². The van der Waals surface area contributed by atoms with Crippen molar-refractivity contribution in [2.24, 2.45) is 0 Å². The van der Waals surface area contributed by atoms with Crippen LogP contribution >= 0.6 is 23.4 Å². The van der Waals surface area contributed by atoms with Gasteiger partial charge >= 0.3 is 0 Å². The van der Waals surface area contributed by atoms with E-state index < -0.39 is 0 Å². The van der Waals surface area contributed by atoms with E-state index in [1.54, 1.807) is 42.5 Å². The Morgan fingerprint density at radius 2 is 1.83 bits per heavy atom. The van der Waals surface area contributed by atoms with Crippen molar-refractivity contribution in [3.05, 3.63) is 93.7 Å². The molecule has 0 saturated heterocycles. The first kappa shape index (κ1) is 20.2. The summed E-state index contributed by atoms with van der Waals surface area (Å²) >= 11 is 7.22. The summed E-state index contributed by atoms with van der Waals surface area (Å²) in [4.78, 5) is 30.3. The number of amides is 1. The lowest BCUT2D eigenvalue weighted by atomic mass is 10.2. The van der Waals surface area contributed by atoms with Gasteiger partial charge in [-0.1, -0.05) is 47.6 Å². The van der Waals surface area contributed by atoms with Crippen molar-refractivity contribution in [1.29, 1.82) is 0 Å². The molecule has 30 heavy (non-hydrogen) atoms. The molecule has 1 N–H and O–H groups in total. The van der Waals surface area contributed by atoms with E-state index in [-0.39, 0.29) is 17.2 Å². The standard InChI is InChI=1S/C23H18ClN3O2S/c1-15-5-4-6-17(13-15)25-21(28)14-30-23-26-20-8-3-2-7-19(20)22(29)27(23)18-11-9-16(24)10-12-18/h2-13H,14H2,1H3,(H,25,28). The summed E-state index contributed by atoms with van der Waals surface area (Å²) < 4.78 is 1.52. The first-order valence-electron chi connectivity index (χ1n) is 9.28. The van der Waals surface area contributed by atoms with Crippen LogP contribution in [0.25, 0.3) is 16.6 Å². The minimum Gasteiger partial charge on any atom is -0.325 e. The molecule has 4 rings (SSSR count). The van der Waals surface area contributed by atoms with E-state index in [9.17, 15) is 9.59 Å². The predicted molar refractivity (Wildman–Crippen MR) is 123 cm³/mol. The Hall–Kier alpha value is -3.09. The summed E-state index contributed by atoms with van der Waals surface area (Å²) in [5.41, 5.74) is 2.85. The normalized spacial score (nSPS) is 10.9. The molecular formula is C23H18ClN3O2S. The number of halogens is 1. The summed E-state index contributed by atoms with van der Waals surface area (Å²) in [6, 6.07) is 21.7. The molecule has 0 aliphatic carbocycles. The first-order valence-corrected chi connectivity index (χ1v) is 10.6. The van der Waals surface area contributed by atoms with Gasteiger partial charge in [0.2, 0.25) is 5.91 Å². The van der Waals surface area contributed by atoms with E-state index in [2.05, 4.69) is 10.3 Å². The zero-order valence-corrected chi connectivity index (χ0v) is 17.7. The number of hydrogen-bond acceptors (Lipinski definition) is 4. The molecule has 0 radical (unpaired) electrons. The van der Waals surface area contributed by atoms with E-state index in [1.807, 2.05) is 37.3 Å². The van der Waals surface area contributed by atoms with Crippen LogP contribution in [0.4, 0.5) is 5.69 Å². The molecule has 3 aromatic carbocycles. The molecule has 4 aromatic rings. The van der Waals surface area contributed by atoms with Crippen molar-refractivity contribution in [3.63, 3.8) is 0 Å². The Balaban J connectivity index is 1.67. The molecule has 7 heteroatoms. The summed E-state index contributed by atoms with van der Waals surface area (Å²) in [5.74, 6) is -0.0533. The molecule has 0 fully saturated rings. The number of rotatable bonds is 5. The highest BCUT2D eigenvalue weighted by molar-refractivity contribution is 7.99. The monoisotopic (exact) mass is 435 g/mol. The molecule has 5 nitrogen and oxygen atoms in total. The van der Waals surface area contributed by atoms with Gasteiger partial charge in [-0.05, 0) is 61.0 Å². The molecule has 0 spiro atoms. The summed E-state index contributed by atoms with van der Waals surface area (Å²) in [6.45, 7) is 1.97. The van der Waals surface area contributed by atoms with Gasteiger partial charge in [0.05, 0.1) is 22.3 Å². The van der Waals surface area contributed by atoms with Crippen LogP contribution in [0.5, 0.6) is 0 Å². The Kier molecular flexibility index (Phi) is 5.88. The molecule has 1 heterocycles. The minimum atomic E-state index is -0.190. The number of hydrogen-bond donors (Lipinski definition) is 1. The zero-order chi connectivity index (χ0) is 21.1. The van der Waals surface area contributed by atoms with Gasteiger partial charge < -0.3 is 5.32 Å². The van der Waals surface area contributed by atoms with Crippen molar-refractivity contribution in [2.45, 2.75) is 12.1 Å². The lowest BCUT2D eigenvalue weighted by Gasteiger charge is -2.13. The fraction of sp³-hybridized carbons (Fsp3) is 0.0870. The fourth-order valence-corrected chi connectivity index (χ4v) is 4.02. The number of thioether (sulfide) groups is 1. The number of fused-ring (bicyclic) bond motifs is 1. The number of aromatic nitrogens is 2. The van der Waals surface area contributed by atoms with Crippen molar-refractivity contribution in [3.8, 4) is 5.69 Å². The van der Waals surface area contributed by atoms with Gasteiger partial charge in [-0.25, -0.2) is 4.98 Å². The van der Waals surface area contributed by atoms with Crippen molar-refractivity contribution in [1.82, 2.24) is 9.55 Å². The Labute approximate surface area is 182 Å². The van der Waals surface area contributed by atoms with Gasteiger partial charge in [0.25, 0.3) is 5.56 Å². The average Bonchev–Trinajstić information content (AvgIpc) is 2.73. The zero-order valence-electron chi connectivity index (χ0n) is 16.1. The molecule has 0 saturated carbocycles. The molecule has 150 valence electrons. The van der Waals surface area contributed by atoms with Crippen LogP contribution in [0.1, 0.15) is 5.56 Å². The maximum atomic E-state index is 13.2. The molecule has 1 aromatic heterocycles. The van der Waals surface area contributed by atoms with Crippen LogP contribution in [0.2, 0.25) is 5.02 Å². The van der Waals surface area contributed by atoms with Gasteiger partial charge in [0, 0.05) is 10.7 Å². The minimum absolute atomic E-state index is 0.117. The fourth-order valence-electron chi connectivity index (χ4n) is 3.08. The number of aryl methyl sites for hydroxylation is 1. The van der Waals surface area contributed by atoms with Crippen LogP contribution in [-0.2, 0) is 4.79 Å². The summed E-state index contributed by atoms with van der Waals surface area (Å²) in [6.07, 6.45) is 0.